The van der Waals surface area contributed by atoms with Gasteiger partial charge in [0, 0.05) is 22.1 Å². The fraction of sp³-hybridized carbons (Fsp3) is 0.143. The van der Waals surface area contributed by atoms with Crippen molar-refractivity contribution in [1.82, 2.24) is 19.6 Å². The molecule has 29 heavy (non-hydrogen) atoms. The Morgan fingerprint density at radius 2 is 1.90 bits per heavy atom. The van der Waals surface area contributed by atoms with Crippen molar-refractivity contribution in [2.45, 2.75) is 20.4 Å². The molecule has 1 amide bonds. The van der Waals surface area contributed by atoms with E-state index in [2.05, 4.69) is 15.1 Å². The summed E-state index contributed by atoms with van der Waals surface area (Å²) in [6.45, 7) is 3.82. The molecule has 0 aliphatic carbocycles. The lowest BCUT2D eigenvalue weighted by molar-refractivity contribution is 0.0980. The lowest BCUT2D eigenvalue weighted by atomic mass is 10.1. The topological polar surface area (TPSA) is 63.4 Å². The smallest absolute Gasteiger partial charge is 0.261 e. The molecule has 0 fully saturated rings. The van der Waals surface area contributed by atoms with E-state index >= 15 is 0 Å². The predicted octanol–water partition coefficient (Wildman–Crippen LogP) is 4.38. The molecule has 6 nitrogen and oxygen atoms in total. The highest BCUT2D eigenvalue weighted by atomic mass is 35.5. The highest BCUT2D eigenvalue weighted by Gasteiger charge is 2.23. The van der Waals surface area contributed by atoms with Gasteiger partial charge in [0.2, 0.25) is 0 Å². The molecule has 0 saturated carbocycles. The van der Waals surface area contributed by atoms with Crippen LogP contribution in [0.2, 0.25) is 5.02 Å². The van der Waals surface area contributed by atoms with Crippen LogP contribution >= 0.6 is 11.6 Å². The number of hydrogen-bond acceptors (Lipinski definition) is 4. The number of fused-ring (bicyclic) bond motifs is 1. The molecule has 4 aromatic rings. The first-order valence-electron chi connectivity index (χ1n) is 8.94. The molecule has 2 aromatic carbocycles. The molecule has 0 bridgehead atoms. The van der Waals surface area contributed by atoms with Gasteiger partial charge in [0.25, 0.3) is 11.7 Å². The number of anilines is 1. The number of rotatable bonds is 4. The minimum atomic E-state index is -0.597. The van der Waals surface area contributed by atoms with Crippen molar-refractivity contribution in [1.29, 1.82) is 0 Å². The molecule has 0 aliphatic heterocycles. The maximum atomic E-state index is 14.3. The van der Waals surface area contributed by atoms with Crippen LogP contribution in [-0.4, -0.2) is 25.5 Å². The quantitative estimate of drug-likeness (QED) is 0.501. The standard InChI is InChI=1S/C21H17ClFN5O/c1-13-10-14(2)28-21(24-13)25-19(26-28)12-27(16-7-5-6-15(22)11-16)20(29)17-8-3-4-9-18(17)23/h3-11H,12H2,1-2H3. The summed E-state index contributed by atoms with van der Waals surface area (Å²) in [7, 11) is 0. The van der Waals surface area contributed by atoms with Gasteiger partial charge in [0.1, 0.15) is 5.82 Å². The Kier molecular flexibility index (Phi) is 4.98. The molecular weight excluding hydrogens is 393 g/mol. The highest BCUT2D eigenvalue weighted by molar-refractivity contribution is 6.31. The first kappa shape index (κ1) is 19.0. The number of carbonyl (C=O) groups is 1. The minimum Gasteiger partial charge on any atom is -0.301 e. The van der Waals surface area contributed by atoms with Crippen LogP contribution in [0, 0.1) is 19.7 Å². The molecule has 0 aliphatic rings. The van der Waals surface area contributed by atoms with Crippen molar-refractivity contribution >= 4 is 29.0 Å². The van der Waals surface area contributed by atoms with Crippen molar-refractivity contribution in [3.63, 3.8) is 0 Å². The molecule has 0 saturated heterocycles. The molecule has 146 valence electrons. The Bertz CT molecular complexity index is 1220. The normalized spacial score (nSPS) is 11.0. The van der Waals surface area contributed by atoms with Crippen LogP contribution in [0.5, 0.6) is 0 Å². The van der Waals surface area contributed by atoms with Crippen LogP contribution < -0.4 is 4.90 Å². The van der Waals surface area contributed by atoms with Gasteiger partial charge in [-0.1, -0.05) is 29.8 Å². The van der Waals surface area contributed by atoms with Gasteiger partial charge in [-0.3, -0.25) is 4.79 Å². The van der Waals surface area contributed by atoms with E-state index in [9.17, 15) is 9.18 Å². The third-order valence-electron chi connectivity index (χ3n) is 4.43. The summed E-state index contributed by atoms with van der Waals surface area (Å²) in [5, 5.41) is 4.92. The van der Waals surface area contributed by atoms with E-state index in [1.807, 2.05) is 19.9 Å². The average Bonchev–Trinajstić information content (AvgIpc) is 3.09. The number of halogens is 2. The van der Waals surface area contributed by atoms with E-state index in [0.717, 1.165) is 11.4 Å². The van der Waals surface area contributed by atoms with E-state index in [-0.39, 0.29) is 12.1 Å². The number of benzene rings is 2. The van der Waals surface area contributed by atoms with Crippen molar-refractivity contribution in [3.8, 4) is 0 Å². The molecular formula is C21H17ClFN5O. The Morgan fingerprint density at radius 1 is 1.10 bits per heavy atom. The molecule has 0 radical (unpaired) electrons. The van der Waals surface area contributed by atoms with E-state index < -0.39 is 11.7 Å². The summed E-state index contributed by atoms with van der Waals surface area (Å²) in [6, 6.07) is 14.6. The zero-order chi connectivity index (χ0) is 20.5. The molecule has 0 N–H and O–H groups in total. The molecule has 0 atom stereocenters. The van der Waals surface area contributed by atoms with E-state index in [1.54, 1.807) is 34.8 Å². The summed E-state index contributed by atoms with van der Waals surface area (Å²) in [6.07, 6.45) is 0. The number of amides is 1. The maximum absolute atomic E-state index is 14.3. The van der Waals surface area contributed by atoms with Crippen LogP contribution in [0.15, 0.2) is 54.6 Å². The van der Waals surface area contributed by atoms with Crippen LogP contribution in [0.4, 0.5) is 10.1 Å². The summed E-state index contributed by atoms with van der Waals surface area (Å²) >= 11 is 6.12. The Hall–Kier alpha value is -3.32. The summed E-state index contributed by atoms with van der Waals surface area (Å²) < 4.78 is 15.9. The van der Waals surface area contributed by atoms with Gasteiger partial charge in [-0.15, -0.1) is 5.10 Å². The third-order valence-corrected chi connectivity index (χ3v) is 4.67. The van der Waals surface area contributed by atoms with Gasteiger partial charge in [-0.05, 0) is 50.2 Å². The minimum absolute atomic E-state index is 0.0371. The number of hydrogen-bond donors (Lipinski definition) is 0. The maximum Gasteiger partial charge on any atom is 0.261 e. The van der Waals surface area contributed by atoms with Crippen LogP contribution in [-0.2, 0) is 6.54 Å². The van der Waals surface area contributed by atoms with Crippen molar-refractivity contribution in [2.24, 2.45) is 0 Å². The highest BCUT2D eigenvalue weighted by Crippen LogP contribution is 2.24. The van der Waals surface area contributed by atoms with Gasteiger partial charge >= 0.3 is 0 Å². The Balaban J connectivity index is 1.78. The molecule has 4 rings (SSSR count). The van der Waals surface area contributed by atoms with Crippen LogP contribution in [0.3, 0.4) is 0 Å². The monoisotopic (exact) mass is 409 g/mol. The van der Waals surface area contributed by atoms with Gasteiger partial charge in [0.05, 0.1) is 12.1 Å². The van der Waals surface area contributed by atoms with Gasteiger partial charge < -0.3 is 4.90 Å². The van der Waals surface area contributed by atoms with Crippen molar-refractivity contribution in [3.05, 3.63) is 88.2 Å². The zero-order valence-corrected chi connectivity index (χ0v) is 16.6. The average molecular weight is 410 g/mol. The molecule has 2 aromatic heterocycles. The second-order valence-electron chi connectivity index (χ2n) is 6.63. The van der Waals surface area contributed by atoms with Crippen molar-refractivity contribution in [2.75, 3.05) is 4.90 Å². The number of aryl methyl sites for hydroxylation is 2. The lowest BCUT2D eigenvalue weighted by Crippen LogP contribution is -2.31. The summed E-state index contributed by atoms with van der Waals surface area (Å²) in [5.41, 5.74) is 2.18. The van der Waals surface area contributed by atoms with E-state index in [4.69, 9.17) is 11.6 Å². The van der Waals surface area contributed by atoms with Crippen LogP contribution in [0.25, 0.3) is 5.78 Å². The van der Waals surface area contributed by atoms with Gasteiger partial charge in [-0.2, -0.15) is 4.98 Å². The van der Waals surface area contributed by atoms with E-state index in [1.165, 1.54) is 23.1 Å². The number of nitrogens with zero attached hydrogens (tertiary/aromatic N) is 5. The summed E-state index contributed by atoms with van der Waals surface area (Å²) in [5.74, 6) is -0.275. The van der Waals surface area contributed by atoms with Gasteiger partial charge in [-0.25, -0.2) is 13.9 Å². The molecule has 8 heteroatoms. The second-order valence-corrected chi connectivity index (χ2v) is 7.07. The Labute approximate surface area is 171 Å². The fourth-order valence-corrected chi connectivity index (χ4v) is 3.31. The number of carbonyl (C=O) groups excluding carboxylic acids is 1. The number of aromatic nitrogens is 4. The Morgan fingerprint density at radius 3 is 2.66 bits per heavy atom. The zero-order valence-electron chi connectivity index (χ0n) is 15.8. The SMILES string of the molecule is Cc1cc(C)n2nc(CN(C(=O)c3ccccc3F)c3cccc(Cl)c3)nc2n1. The van der Waals surface area contributed by atoms with E-state index in [0.29, 0.717) is 22.3 Å². The second kappa shape index (κ2) is 7.60. The van der Waals surface area contributed by atoms with Gasteiger partial charge in [0.15, 0.2) is 5.82 Å². The molecule has 0 unspecified atom stereocenters. The first-order chi connectivity index (χ1) is 13.9. The largest absolute Gasteiger partial charge is 0.301 e. The lowest BCUT2D eigenvalue weighted by Gasteiger charge is -2.22. The predicted molar refractivity (Wildman–Crippen MR) is 109 cm³/mol. The summed E-state index contributed by atoms with van der Waals surface area (Å²) in [4.78, 5) is 23.4. The molecule has 0 spiro atoms. The third kappa shape index (κ3) is 3.82. The van der Waals surface area contributed by atoms with Crippen LogP contribution in [0.1, 0.15) is 27.6 Å². The fourth-order valence-electron chi connectivity index (χ4n) is 3.12. The first-order valence-corrected chi connectivity index (χ1v) is 9.32. The van der Waals surface area contributed by atoms with Crippen molar-refractivity contribution < 1.29 is 9.18 Å². The molecule has 2 heterocycles.